The number of carbonyl (C=O) groups is 2. The molecule has 1 unspecified atom stereocenters. The van der Waals surface area contributed by atoms with E-state index < -0.39 is 17.4 Å². The van der Waals surface area contributed by atoms with Crippen molar-refractivity contribution in [1.29, 1.82) is 0 Å². The Morgan fingerprint density at radius 1 is 1.28 bits per heavy atom. The summed E-state index contributed by atoms with van der Waals surface area (Å²) in [6.45, 7) is 3.01. The number of nitrogens with one attached hydrogen (secondary N) is 2. The van der Waals surface area contributed by atoms with Gasteiger partial charge in [-0.3, -0.25) is 9.59 Å². The molecule has 0 spiro atoms. The fraction of sp³-hybridized carbons (Fsp3) is 0.385. The van der Waals surface area contributed by atoms with E-state index in [1.165, 1.54) is 0 Å². The van der Waals surface area contributed by atoms with E-state index in [0.29, 0.717) is 13.2 Å². The molecule has 2 aliphatic heterocycles. The zero-order valence-corrected chi connectivity index (χ0v) is 10.1. The van der Waals surface area contributed by atoms with E-state index in [1.54, 1.807) is 0 Å². The van der Waals surface area contributed by atoms with Crippen LogP contribution in [0.15, 0.2) is 18.2 Å². The third-order valence-corrected chi connectivity index (χ3v) is 3.52. The van der Waals surface area contributed by atoms with E-state index in [1.807, 2.05) is 25.1 Å². The van der Waals surface area contributed by atoms with Gasteiger partial charge in [0, 0.05) is 13.0 Å². The van der Waals surface area contributed by atoms with Gasteiger partial charge in [0.25, 0.3) is 0 Å². The van der Waals surface area contributed by atoms with Gasteiger partial charge in [0.05, 0.1) is 12.1 Å². The first-order chi connectivity index (χ1) is 8.58. The summed E-state index contributed by atoms with van der Waals surface area (Å²) in [4.78, 5) is 22.6. The molecule has 0 saturated carbocycles. The van der Waals surface area contributed by atoms with Gasteiger partial charge in [-0.15, -0.1) is 0 Å². The molecule has 5 heteroatoms. The number of hydrogen-bond donors (Lipinski definition) is 2. The second-order valence-corrected chi connectivity index (χ2v) is 4.89. The Kier molecular flexibility index (Phi) is 2.29. The molecule has 3 rings (SSSR count). The average Bonchev–Trinajstić information content (AvgIpc) is 2.81. The smallest absolute Gasteiger partial charge is 0.310 e. The molecule has 94 valence electrons. The number of piperazine rings is 1. The number of benzene rings is 1. The SMILES string of the molecule is CC1(c2ccc3c(c2)CCO3)CNC(=O)C(=O)N1. The molecule has 2 amide bonds. The molecule has 2 heterocycles. The minimum Gasteiger partial charge on any atom is -0.493 e. The molecule has 1 fully saturated rings. The van der Waals surface area contributed by atoms with Gasteiger partial charge in [-0.2, -0.15) is 0 Å². The van der Waals surface area contributed by atoms with Crippen molar-refractivity contribution in [1.82, 2.24) is 10.6 Å². The van der Waals surface area contributed by atoms with Crippen LogP contribution in [-0.4, -0.2) is 25.0 Å². The van der Waals surface area contributed by atoms with Crippen LogP contribution in [0.3, 0.4) is 0 Å². The van der Waals surface area contributed by atoms with E-state index in [0.717, 1.165) is 23.3 Å². The number of amides is 2. The summed E-state index contributed by atoms with van der Waals surface area (Å²) in [6, 6.07) is 5.90. The number of hydrogen-bond acceptors (Lipinski definition) is 3. The van der Waals surface area contributed by atoms with Gasteiger partial charge in [0.2, 0.25) is 0 Å². The minimum atomic E-state index is -0.583. The number of ether oxygens (including phenoxy) is 1. The van der Waals surface area contributed by atoms with E-state index in [-0.39, 0.29) is 0 Å². The fourth-order valence-electron chi connectivity index (χ4n) is 2.39. The first-order valence-electron chi connectivity index (χ1n) is 5.95. The third kappa shape index (κ3) is 1.63. The highest BCUT2D eigenvalue weighted by molar-refractivity contribution is 6.35. The predicted molar refractivity (Wildman–Crippen MR) is 64.1 cm³/mol. The highest BCUT2D eigenvalue weighted by Gasteiger charge is 2.36. The zero-order chi connectivity index (χ0) is 12.8. The lowest BCUT2D eigenvalue weighted by Crippen LogP contribution is -2.60. The van der Waals surface area contributed by atoms with Crippen LogP contribution in [-0.2, 0) is 21.5 Å². The molecule has 2 N–H and O–H groups in total. The summed E-state index contributed by atoms with van der Waals surface area (Å²) in [7, 11) is 0. The standard InChI is InChI=1S/C13H14N2O3/c1-13(7-14-11(16)12(17)15-13)9-2-3-10-8(6-9)4-5-18-10/h2-3,6H,4-5,7H2,1H3,(H,14,16)(H,15,17). The molecule has 0 radical (unpaired) electrons. The van der Waals surface area contributed by atoms with Crippen LogP contribution in [0.1, 0.15) is 18.1 Å². The molecule has 0 bridgehead atoms. The van der Waals surface area contributed by atoms with Gasteiger partial charge >= 0.3 is 11.8 Å². The Bertz CT molecular complexity index is 541. The van der Waals surface area contributed by atoms with E-state index >= 15 is 0 Å². The molecule has 1 aromatic carbocycles. The van der Waals surface area contributed by atoms with Crippen molar-refractivity contribution in [2.24, 2.45) is 0 Å². The van der Waals surface area contributed by atoms with Crippen LogP contribution in [0, 0.1) is 0 Å². The summed E-state index contributed by atoms with van der Waals surface area (Å²) in [5.74, 6) is -0.244. The van der Waals surface area contributed by atoms with Crippen LogP contribution in [0.2, 0.25) is 0 Å². The quantitative estimate of drug-likeness (QED) is 0.690. The summed E-state index contributed by atoms with van der Waals surface area (Å²) in [6.07, 6.45) is 0.888. The summed E-state index contributed by atoms with van der Waals surface area (Å²) in [5, 5.41) is 5.36. The maximum Gasteiger partial charge on any atom is 0.310 e. The van der Waals surface area contributed by atoms with Crippen molar-refractivity contribution >= 4 is 11.8 Å². The van der Waals surface area contributed by atoms with Crippen LogP contribution in [0.4, 0.5) is 0 Å². The monoisotopic (exact) mass is 246 g/mol. The highest BCUT2D eigenvalue weighted by Crippen LogP contribution is 2.30. The van der Waals surface area contributed by atoms with Crippen molar-refractivity contribution in [3.8, 4) is 5.75 Å². The maximum absolute atomic E-state index is 11.5. The van der Waals surface area contributed by atoms with Gasteiger partial charge in [0.1, 0.15) is 5.75 Å². The normalized spacial score (nSPS) is 26.1. The van der Waals surface area contributed by atoms with Gasteiger partial charge in [-0.25, -0.2) is 0 Å². The Labute approximate surface area is 105 Å². The maximum atomic E-state index is 11.5. The molecular weight excluding hydrogens is 232 g/mol. The highest BCUT2D eigenvalue weighted by atomic mass is 16.5. The van der Waals surface area contributed by atoms with Crippen molar-refractivity contribution < 1.29 is 14.3 Å². The molecule has 1 saturated heterocycles. The van der Waals surface area contributed by atoms with Gasteiger partial charge in [0.15, 0.2) is 0 Å². The average molecular weight is 246 g/mol. The van der Waals surface area contributed by atoms with Crippen LogP contribution in [0.5, 0.6) is 5.75 Å². The van der Waals surface area contributed by atoms with Crippen LogP contribution < -0.4 is 15.4 Å². The van der Waals surface area contributed by atoms with Gasteiger partial charge < -0.3 is 15.4 Å². The minimum absolute atomic E-state index is 0.400. The lowest BCUT2D eigenvalue weighted by Gasteiger charge is -2.35. The Morgan fingerprint density at radius 2 is 2.11 bits per heavy atom. The second-order valence-electron chi connectivity index (χ2n) is 4.89. The Balaban J connectivity index is 1.94. The summed E-state index contributed by atoms with van der Waals surface area (Å²) < 4.78 is 5.45. The first kappa shape index (κ1) is 11.1. The summed E-state index contributed by atoms with van der Waals surface area (Å²) >= 11 is 0. The predicted octanol–water partition coefficient (Wildman–Crippen LogP) is 0.0827. The molecule has 1 aromatic rings. The third-order valence-electron chi connectivity index (χ3n) is 3.52. The van der Waals surface area contributed by atoms with Gasteiger partial charge in [-0.1, -0.05) is 6.07 Å². The van der Waals surface area contributed by atoms with E-state index in [2.05, 4.69) is 10.6 Å². The molecular formula is C13H14N2O3. The number of carbonyl (C=O) groups excluding carboxylic acids is 2. The van der Waals surface area contributed by atoms with Crippen molar-refractivity contribution in [2.45, 2.75) is 18.9 Å². The van der Waals surface area contributed by atoms with Crippen LogP contribution >= 0.6 is 0 Å². The molecule has 5 nitrogen and oxygen atoms in total. The molecule has 18 heavy (non-hydrogen) atoms. The second kappa shape index (κ2) is 3.73. The molecule has 1 atom stereocenters. The Morgan fingerprint density at radius 3 is 2.89 bits per heavy atom. The lowest BCUT2D eigenvalue weighted by atomic mass is 9.88. The molecule has 0 aliphatic carbocycles. The molecule has 2 aliphatic rings. The number of rotatable bonds is 1. The fourth-order valence-corrected chi connectivity index (χ4v) is 2.39. The van der Waals surface area contributed by atoms with Crippen molar-refractivity contribution in [3.63, 3.8) is 0 Å². The lowest BCUT2D eigenvalue weighted by molar-refractivity contribution is -0.142. The van der Waals surface area contributed by atoms with Crippen molar-refractivity contribution in [3.05, 3.63) is 29.3 Å². The number of fused-ring (bicyclic) bond motifs is 1. The van der Waals surface area contributed by atoms with Crippen molar-refractivity contribution in [2.75, 3.05) is 13.2 Å². The first-order valence-corrected chi connectivity index (χ1v) is 5.95. The molecule has 0 aromatic heterocycles. The van der Waals surface area contributed by atoms with E-state index in [4.69, 9.17) is 4.74 Å². The summed E-state index contributed by atoms with van der Waals surface area (Å²) in [5.41, 5.74) is 1.59. The zero-order valence-electron chi connectivity index (χ0n) is 10.1. The largest absolute Gasteiger partial charge is 0.493 e. The Hall–Kier alpha value is -2.04. The van der Waals surface area contributed by atoms with Gasteiger partial charge in [-0.05, 0) is 30.2 Å². The van der Waals surface area contributed by atoms with Crippen LogP contribution in [0.25, 0.3) is 0 Å². The van der Waals surface area contributed by atoms with E-state index in [9.17, 15) is 9.59 Å². The topological polar surface area (TPSA) is 67.4 Å².